The van der Waals surface area contributed by atoms with Gasteiger partial charge in [-0.1, -0.05) is 47.1 Å². The summed E-state index contributed by atoms with van der Waals surface area (Å²) >= 11 is 13.2. The fraction of sp³-hybridized carbons (Fsp3) is 0.238. The number of aromatic nitrogens is 3. The number of carbonyl (C=O) groups excluding carboxylic acids is 2. The van der Waals surface area contributed by atoms with Crippen molar-refractivity contribution in [2.75, 3.05) is 18.2 Å². The second kappa shape index (κ2) is 10.7. The molecule has 0 saturated carbocycles. The molecule has 2 N–H and O–H groups in total. The quantitative estimate of drug-likeness (QED) is 0.452. The van der Waals surface area contributed by atoms with Crippen LogP contribution in [0.1, 0.15) is 29.1 Å². The topological polar surface area (TPSA) is 98.1 Å². The van der Waals surface area contributed by atoms with E-state index in [1.165, 1.54) is 17.8 Å². The molecule has 0 bridgehead atoms. The van der Waals surface area contributed by atoms with Crippen molar-refractivity contribution in [2.24, 2.45) is 7.05 Å². The standard InChI is InChI=1S/C21H21Cl2N5O3S/c1-12(24-20(30)14-9-8-13(22)10-15(14)23)19-26-27-21(28(19)2)32-11-18(29)25-16-6-4-5-7-17(16)31-3/h4-10,12H,11H2,1-3H3,(H,24,30)(H,25,29)/t12-/m1/s1. The van der Waals surface area contributed by atoms with Crippen molar-refractivity contribution in [2.45, 2.75) is 18.1 Å². The highest BCUT2D eigenvalue weighted by Gasteiger charge is 2.20. The van der Waals surface area contributed by atoms with Crippen LogP contribution in [0.15, 0.2) is 47.6 Å². The minimum atomic E-state index is -0.441. The first-order valence-electron chi connectivity index (χ1n) is 9.51. The summed E-state index contributed by atoms with van der Waals surface area (Å²) in [5.74, 6) is 0.689. The van der Waals surface area contributed by atoms with Crippen molar-refractivity contribution in [3.63, 3.8) is 0 Å². The Labute approximate surface area is 199 Å². The zero-order chi connectivity index (χ0) is 23.3. The molecule has 2 amide bonds. The number of nitrogens with zero attached hydrogens (tertiary/aromatic N) is 3. The number of thioether (sulfide) groups is 1. The Morgan fingerprint density at radius 3 is 2.66 bits per heavy atom. The number of carbonyl (C=O) groups is 2. The molecule has 8 nitrogen and oxygen atoms in total. The Bertz CT molecular complexity index is 1140. The molecule has 3 aromatic rings. The summed E-state index contributed by atoms with van der Waals surface area (Å²) in [7, 11) is 3.31. The van der Waals surface area contributed by atoms with Gasteiger partial charge in [0, 0.05) is 12.1 Å². The number of hydrogen-bond donors (Lipinski definition) is 2. The minimum absolute atomic E-state index is 0.130. The van der Waals surface area contributed by atoms with E-state index in [4.69, 9.17) is 27.9 Å². The fourth-order valence-corrected chi connectivity index (χ4v) is 4.12. The average molecular weight is 494 g/mol. The summed E-state index contributed by atoms with van der Waals surface area (Å²) in [5.41, 5.74) is 0.907. The van der Waals surface area contributed by atoms with Gasteiger partial charge in [-0.2, -0.15) is 0 Å². The van der Waals surface area contributed by atoms with Crippen LogP contribution in [0.25, 0.3) is 0 Å². The van der Waals surface area contributed by atoms with Crippen molar-refractivity contribution in [1.82, 2.24) is 20.1 Å². The number of nitrogens with one attached hydrogen (secondary N) is 2. The van der Waals surface area contributed by atoms with E-state index >= 15 is 0 Å². The maximum absolute atomic E-state index is 12.6. The lowest BCUT2D eigenvalue weighted by Gasteiger charge is -2.14. The monoisotopic (exact) mass is 493 g/mol. The van der Waals surface area contributed by atoms with Crippen molar-refractivity contribution in [1.29, 1.82) is 0 Å². The largest absolute Gasteiger partial charge is 0.495 e. The van der Waals surface area contributed by atoms with Crippen molar-refractivity contribution in [3.8, 4) is 5.75 Å². The Kier molecular flexibility index (Phi) is 8.00. The second-order valence-corrected chi connectivity index (χ2v) is 8.54. The number of amides is 2. The number of halogens is 2. The van der Waals surface area contributed by atoms with E-state index in [1.807, 2.05) is 12.1 Å². The maximum Gasteiger partial charge on any atom is 0.253 e. The molecule has 2 aromatic carbocycles. The molecule has 0 unspecified atom stereocenters. The lowest BCUT2D eigenvalue weighted by molar-refractivity contribution is -0.113. The fourth-order valence-electron chi connectivity index (χ4n) is 2.91. The number of methoxy groups -OCH3 is 1. The van der Waals surface area contributed by atoms with Gasteiger partial charge in [0.2, 0.25) is 5.91 Å². The summed E-state index contributed by atoms with van der Waals surface area (Å²) in [6.45, 7) is 1.79. The van der Waals surface area contributed by atoms with Gasteiger partial charge in [0.05, 0.1) is 35.2 Å². The molecule has 0 fully saturated rings. The van der Waals surface area contributed by atoms with Crippen LogP contribution in [0, 0.1) is 0 Å². The Hall–Kier alpha value is -2.75. The van der Waals surface area contributed by atoms with Crippen LogP contribution in [0.4, 0.5) is 5.69 Å². The Morgan fingerprint density at radius 1 is 1.19 bits per heavy atom. The number of anilines is 1. The van der Waals surface area contributed by atoms with E-state index in [0.717, 1.165) is 0 Å². The first kappa shape index (κ1) is 23.9. The molecule has 168 valence electrons. The van der Waals surface area contributed by atoms with E-state index in [0.29, 0.717) is 33.0 Å². The molecule has 3 rings (SSSR count). The van der Waals surface area contributed by atoms with Gasteiger partial charge in [0.15, 0.2) is 11.0 Å². The van der Waals surface area contributed by atoms with Crippen LogP contribution in [0.5, 0.6) is 5.75 Å². The molecule has 0 aliphatic rings. The van der Waals surface area contributed by atoms with E-state index < -0.39 is 6.04 Å². The number of ether oxygens (including phenoxy) is 1. The molecule has 1 atom stereocenters. The van der Waals surface area contributed by atoms with Gasteiger partial charge in [-0.25, -0.2) is 0 Å². The van der Waals surface area contributed by atoms with Crippen LogP contribution in [-0.4, -0.2) is 39.4 Å². The lowest BCUT2D eigenvalue weighted by atomic mass is 10.2. The molecule has 0 aliphatic heterocycles. The molecular formula is C21H21Cl2N5O3S. The molecule has 0 aliphatic carbocycles. The predicted octanol–water partition coefficient (Wildman–Crippen LogP) is 4.35. The van der Waals surface area contributed by atoms with E-state index in [1.54, 1.807) is 49.9 Å². The molecule has 0 radical (unpaired) electrons. The molecule has 11 heteroatoms. The second-order valence-electron chi connectivity index (χ2n) is 6.76. The SMILES string of the molecule is COc1ccccc1NC(=O)CSc1nnc([C@@H](C)NC(=O)c2ccc(Cl)cc2Cl)n1C. The molecule has 32 heavy (non-hydrogen) atoms. The normalized spacial score (nSPS) is 11.7. The van der Waals surface area contributed by atoms with E-state index in [9.17, 15) is 9.59 Å². The highest BCUT2D eigenvalue weighted by Crippen LogP contribution is 2.25. The number of para-hydroxylation sites is 2. The van der Waals surface area contributed by atoms with Crippen molar-refractivity contribution < 1.29 is 14.3 Å². The molecular weight excluding hydrogens is 473 g/mol. The van der Waals surface area contributed by atoms with Gasteiger partial charge < -0.3 is 19.9 Å². The number of benzene rings is 2. The molecule has 0 saturated heterocycles. The highest BCUT2D eigenvalue weighted by atomic mass is 35.5. The van der Waals surface area contributed by atoms with Gasteiger partial charge >= 0.3 is 0 Å². The zero-order valence-electron chi connectivity index (χ0n) is 17.6. The zero-order valence-corrected chi connectivity index (χ0v) is 19.9. The highest BCUT2D eigenvalue weighted by molar-refractivity contribution is 7.99. The van der Waals surface area contributed by atoms with E-state index in [2.05, 4.69) is 20.8 Å². The van der Waals surface area contributed by atoms with Crippen LogP contribution in [-0.2, 0) is 11.8 Å². The summed E-state index contributed by atoms with van der Waals surface area (Å²) in [4.78, 5) is 24.9. The van der Waals surface area contributed by atoms with Gasteiger partial charge in [0.25, 0.3) is 5.91 Å². The number of rotatable bonds is 8. The Morgan fingerprint density at radius 2 is 1.94 bits per heavy atom. The van der Waals surface area contributed by atoms with Crippen molar-refractivity contribution in [3.05, 3.63) is 63.9 Å². The smallest absolute Gasteiger partial charge is 0.253 e. The predicted molar refractivity (Wildman–Crippen MR) is 126 cm³/mol. The number of hydrogen-bond acceptors (Lipinski definition) is 6. The van der Waals surface area contributed by atoms with E-state index in [-0.39, 0.29) is 22.6 Å². The molecule has 1 heterocycles. The van der Waals surface area contributed by atoms with Crippen LogP contribution in [0.3, 0.4) is 0 Å². The third kappa shape index (κ3) is 5.73. The summed E-state index contributed by atoms with van der Waals surface area (Å²) in [6.07, 6.45) is 0. The Balaban J connectivity index is 1.60. The third-order valence-electron chi connectivity index (χ3n) is 4.49. The van der Waals surface area contributed by atoms with Gasteiger partial charge in [0.1, 0.15) is 5.75 Å². The maximum atomic E-state index is 12.6. The van der Waals surface area contributed by atoms with Crippen LogP contribution < -0.4 is 15.4 Å². The molecule has 0 spiro atoms. The lowest BCUT2D eigenvalue weighted by Crippen LogP contribution is -2.28. The summed E-state index contributed by atoms with van der Waals surface area (Å²) in [5, 5.41) is 15.2. The van der Waals surface area contributed by atoms with Crippen molar-refractivity contribution >= 4 is 52.5 Å². The summed E-state index contributed by atoms with van der Waals surface area (Å²) in [6, 6.07) is 11.4. The van der Waals surface area contributed by atoms with Gasteiger partial charge in [-0.3, -0.25) is 9.59 Å². The summed E-state index contributed by atoms with van der Waals surface area (Å²) < 4.78 is 6.97. The van der Waals surface area contributed by atoms with Gasteiger partial charge in [-0.15, -0.1) is 10.2 Å². The van der Waals surface area contributed by atoms with Crippen LogP contribution in [0.2, 0.25) is 10.0 Å². The first-order valence-corrected chi connectivity index (χ1v) is 11.2. The van der Waals surface area contributed by atoms with Gasteiger partial charge in [-0.05, 0) is 37.3 Å². The third-order valence-corrected chi connectivity index (χ3v) is 6.06. The first-order chi connectivity index (χ1) is 15.3. The average Bonchev–Trinajstić information content (AvgIpc) is 3.13. The molecule has 1 aromatic heterocycles. The van der Waals surface area contributed by atoms with Crippen LogP contribution >= 0.6 is 35.0 Å². The minimum Gasteiger partial charge on any atom is -0.495 e.